The van der Waals surface area contributed by atoms with E-state index in [9.17, 15) is 0 Å². The van der Waals surface area contributed by atoms with E-state index in [1.54, 1.807) is 0 Å². The van der Waals surface area contributed by atoms with Crippen LogP contribution < -0.4 is 10.6 Å². The third-order valence-electron chi connectivity index (χ3n) is 5.34. The van der Waals surface area contributed by atoms with Crippen molar-refractivity contribution in [3.63, 3.8) is 0 Å². The predicted molar refractivity (Wildman–Crippen MR) is 117 cm³/mol. The number of aryl methyl sites for hydroxylation is 1. The summed E-state index contributed by atoms with van der Waals surface area (Å²) >= 11 is 2.05. The number of aliphatic imine (C=N–C) groups is 1. The molecule has 0 aliphatic carbocycles. The van der Waals surface area contributed by atoms with Gasteiger partial charge in [0, 0.05) is 55.2 Å². The number of nitrogens with zero attached hydrogens (tertiary/aromatic N) is 1. The molecule has 3 rings (SSSR count). The third-order valence-corrected chi connectivity index (χ3v) is 6.79. The maximum atomic E-state index is 5.57. The summed E-state index contributed by atoms with van der Waals surface area (Å²) in [4.78, 5) is 7.79. The van der Waals surface area contributed by atoms with Crippen LogP contribution in [0.15, 0.2) is 29.4 Å². The highest BCUT2D eigenvalue weighted by Crippen LogP contribution is 2.34. The van der Waals surface area contributed by atoms with E-state index in [1.165, 1.54) is 22.0 Å². The maximum Gasteiger partial charge on any atom is 0.191 e. The minimum absolute atomic E-state index is 0.262. The molecule has 0 atom stereocenters. The number of hydrogen-bond donors (Lipinski definition) is 3. The van der Waals surface area contributed by atoms with E-state index in [4.69, 9.17) is 4.74 Å². The van der Waals surface area contributed by atoms with Gasteiger partial charge in [0.05, 0.1) is 0 Å². The number of guanidine groups is 1. The Kier molecular flexibility index (Phi) is 7.07. The fourth-order valence-electron chi connectivity index (χ4n) is 3.85. The van der Waals surface area contributed by atoms with E-state index in [2.05, 4.69) is 58.9 Å². The zero-order chi connectivity index (χ0) is 19.1. The number of H-pyrrole nitrogens is 1. The number of hydrogen-bond acceptors (Lipinski definition) is 3. The molecule has 1 aliphatic heterocycles. The highest BCUT2D eigenvalue weighted by Gasteiger charge is 2.32. The standard InChI is InChI=1S/C21H32N4OS/c1-4-27-21(9-12-26-13-10-21)15-25-20(22-3)23-11-8-17-14-24-18-7-5-6-16(2)19(17)18/h5-7,14,24H,4,8-13,15H2,1-3H3,(H2,22,23,25). The molecule has 2 heterocycles. The van der Waals surface area contributed by atoms with E-state index in [1.807, 2.05) is 18.8 Å². The first-order chi connectivity index (χ1) is 13.2. The molecule has 0 radical (unpaired) electrons. The number of fused-ring (bicyclic) bond motifs is 1. The average Bonchev–Trinajstić information content (AvgIpc) is 3.10. The van der Waals surface area contributed by atoms with Gasteiger partial charge >= 0.3 is 0 Å². The molecular weight excluding hydrogens is 356 g/mol. The SMILES string of the molecule is CCSC1(CNC(=NC)NCCc2c[nH]c3cccc(C)c23)CCOCC1. The van der Waals surface area contributed by atoms with Gasteiger partial charge in [-0.3, -0.25) is 4.99 Å². The number of nitrogens with one attached hydrogen (secondary N) is 3. The van der Waals surface area contributed by atoms with Gasteiger partial charge in [0.2, 0.25) is 0 Å². The molecule has 148 valence electrons. The second kappa shape index (κ2) is 9.51. The van der Waals surface area contributed by atoms with Gasteiger partial charge in [0.1, 0.15) is 0 Å². The second-order valence-corrected chi connectivity index (χ2v) is 8.87. The molecule has 0 spiro atoms. The minimum atomic E-state index is 0.262. The number of aromatic amines is 1. The smallest absolute Gasteiger partial charge is 0.191 e. The Morgan fingerprint density at radius 3 is 2.85 bits per heavy atom. The number of ether oxygens (including phenoxy) is 1. The van der Waals surface area contributed by atoms with Crippen LogP contribution in [-0.4, -0.2) is 54.8 Å². The summed E-state index contributed by atoms with van der Waals surface area (Å²) in [5, 5.41) is 8.37. The van der Waals surface area contributed by atoms with Crippen molar-refractivity contribution < 1.29 is 4.74 Å². The molecule has 5 nitrogen and oxygen atoms in total. The summed E-state index contributed by atoms with van der Waals surface area (Å²) in [5.41, 5.74) is 3.89. The Hall–Kier alpha value is -1.66. The molecule has 6 heteroatoms. The Morgan fingerprint density at radius 2 is 2.11 bits per heavy atom. The molecule has 0 unspecified atom stereocenters. The fourth-order valence-corrected chi connectivity index (χ4v) is 5.09. The summed E-state index contributed by atoms with van der Waals surface area (Å²) in [6.45, 7) is 7.92. The molecule has 1 aromatic heterocycles. The first kappa shape index (κ1) is 20.1. The van der Waals surface area contributed by atoms with E-state index >= 15 is 0 Å². The fraction of sp³-hybridized carbons (Fsp3) is 0.571. The molecule has 0 amide bonds. The number of thioether (sulfide) groups is 1. The lowest BCUT2D eigenvalue weighted by atomic mass is 9.99. The number of benzene rings is 1. The zero-order valence-electron chi connectivity index (χ0n) is 16.7. The normalized spacial score (nSPS) is 17.2. The van der Waals surface area contributed by atoms with Crippen LogP contribution in [-0.2, 0) is 11.2 Å². The Bertz CT molecular complexity index is 759. The molecular formula is C21H32N4OS. The van der Waals surface area contributed by atoms with Crippen LogP contribution in [0, 0.1) is 6.92 Å². The quantitative estimate of drug-likeness (QED) is 0.502. The summed E-state index contributed by atoms with van der Waals surface area (Å²) in [6.07, 6.45) is 5.30. The first-order valence-electron chi connectivity index (χ1n) is 9.89. The van der Waals surface area contributed by atoms with Gasteiger partial charge in [-0.25, -0.2) is 0 Å². The van der Waals surface area contributed by atoms with Crippen molar-refractivity contribution in [1.29, 1.82) is 0 Å². The molecule has 1 aliphatic rings. The number of rotatable bonds is 7. The predicted octanol–water partition coefficient (Wildman–Crippen LogP) is 3.49. The van der Waals surface area contributed by atoms with Gasteiger partial charge in [-0.1, -0.05) is 19.1 Å². The number of aromatic nitrogens is 1. The molecule has 1 saturated heterocycles. The first-order valence-corrected chi connectivity index (χ1v) is 10.9. The van der Waals surface area contributed by atoms with E-state index in [0.717, 1.165) is 57.3 Å². The van der Waals surface area contributed by atoms with Gasteiger partial charge in [-0.15, -0.1) is 0 Å². The monoisotopic (exact) mass is 388 g/mol. The van der Waals surface area contributed by atoms with Crippen molar-refractivity contribution in [2.75, 3.05) is 39.1 Å². The highest BCUT2D eigenvalue weighted by atomic mass is 32.2. The van der Waals surface area contributed by atoms with E-state index < -0.39 is 0 Å². The summed E-state index contributed by atoms with van der Waals surface area (Å²) < 4.78 is 5.83. The van der Waals surface area contributed by atoms with Crippen molar-refractivity contribution in [2.24, 2.45) is 4.99 Å². The second-order valence-electron chi connectivity index (χ2n) is 7.14. The Balaban J connectivity index is 1.53. The maximum absolute atomic E-state index is 5.57. The van der Waals surface area contributed by atoms with E-state index in [-0.39, 0.29) is 4.75 Å². The van der Waals surface area contributed by atoms with Gasteiger partial charge in [0.15, 0.2) is 5.96 Å². The Labute approximate surface area is 166 Å². The lowest BCUT2D eigenvalue weighted by molar-refractivity contribution is 0.0782. The van der Waals surface area contributed by atoms with Crippen LogP contribution in [0.1, 0.15) is 30.9 Å². The summed E-state index contributed by atoms with van der Waals surface area (Å²) in [6, 6.07) is 6.41. The van der Waals surface area contributed by atoms with Crippen molar-refractivity contribution >= 4 is 28.6 Å². The van der Waals surface area contributed by atoms with Gasteiger partial charge in [-0.2, -0.15) is 11.8 Å². The topological polar surface area (TPSA) is 61.4 Å². The molecule has 2 aromatic rings. The van der Waals surface area contributed by atoms with Crippen molar-refractivity contribution in [1.82, 2.24) is 15.6 Å². The zero-order valence-corrected chi connectivity index (χ0v) is 17.5. The lowest BCUT2D eigenvalue weighted by Gasteiger charge is -2.37. The minimum Gasteiger partial charge on any atom is -0.381 e. The van der Waals surface area contributed by atoms with Crippen LogP contribution in [0.25, 0.3) is 10.9 Å². The van der Waals surface area contributed by atoms with Gasteiger partial charge in [0.25, 0.3) is 0 Å². The average molecular weight is 389 g/mol. The van der Waals surface area contributed by atoms with E-state index in [0.29, 0.717) is 0 Å². The van der Waals surface area contributed by atoms with Crippen LogP contribution in [0.5, 0.6) is 0 Å². The van der Waals surface area contributed by atoms with Crippen molar-refractivity contribution in [2.45, 2.75) is 37.9 Å². The molecule has 1 fully saturated rings. The third kappa shape index (κ3) is 4.99. The Morgan fingerprint density at radius 1 is 1.30 bits per heavy atom. The van der Waals surface area contributed by atoms with Crippen molar-refractivity contribution in [3.05, 3.63) is 35.5 Å². The largest absolute Gasteiger partial charge is 0.381 e. The molecule has 1 aromatic carbocycles. The summed E-state index contributed by atoms with van der Waals surface area (Å²) in [7, 11) is 1.84. The summed E-state index contributed by atoms with van der Waals surface area (Å²) in [5.74, 6) is 2.02. The van der Waals surface area contributed by atoms with Crippen LogP contribution in [0.3, 0.4) is 0 Å². The highest BCUT2D eigenvalue weighted by molar-refractivity contribution is 8.00. The molecule has 3 N–H and O–H groups in total. The molecule has 0 saturated carbocycles. The molecule has 27 heavy (non-hydrogen) atoms. The van der Waals surface area contributed by atoms with Crippen LogP contribution in [0.2, 0.25) is 0 Å². The van der Waals surface area contributed by atoms with Crippen molar-refractivity contribution in [3.8, 4) is 0 Å². The van der Waals surface area contributed by atoms with Gasteiger partial charge in [-0.05, 0) is 49.1 Å². The van der Waals surface area contributed by atoms with Crippen LogP contribution in [0.4, 0.5) is 0 Å². The van der Waals surface area contributed by atoms with Gasteiger partial charge < -0.3 is 20.4 Å². The molecule has 0 bridgehead atoms. The lowest BCUT2D eigenvalue weighted by Crippen LogP contribution is -2.48. The van der Waals surface area contributed by atoms with Crippen LogP contribution >= 0.6 is 11.8 Å².